The average Bonchev–Trinajstić information content (AvgIpc) is 3.42. The number of benzene rings is 3. The van der Waals surface area contributed by atoms with Crippen LogP contribution in [-0.4, -0.2) is 14.8 Å². The van der Waals surface area contributed by atoms with Crippen molar-refractivity contribution in [3.05, 3.63) is 83.6 Å². The molecule has 1 aliphatic rings. The van der Waals surface area contributed by atoms with Gasteiger partial charge in [0.2, 0.25) is 0 Å². The highest BCUT2D eigenvalue weighted by Gasteiger charge is 2.22. The van der Waals surface area contributed by atoms with E-state index in [0.717, 1.165) is 52.6 Å². The number of ether oxygens (including phenoxy) is 1. The van der Waals surface area contributed by atoms with E-state index in [4.69, 9.17) is 9.15 Å². The molecule has 6 nitrogen and oxygen atoms in total. The van der Waals surface area contributed by atoms with Crippen LogP contribution in [0, 0.1) is 11.3 Å². The fraction of sp³-hybridized carbons (Fsp3) is 0.160. The molecule has 1 unspecified atom stereocenters. The summed E-state index contributed by atoms with van der Waals surface area (Å²) in [7, 11) is 0. The molecule has 0 fully saturated rings. The van der Waals surface area contributed by atoms with E-state index < -0.39 is 0 Å². The molecule has 2 heterocycles. The van der Waals surface area contributed by atoms with E-state index in [2.05, 4.69) is 16.2 Å². The molecule has 0 saturated heterocycles. The van der Waals surface area contributed by atoms with Crippen molar-refractivity contribution in [2.75, 3.05) is 0 Å². The summed E-state index contributed by atoms with van der Waals surface area (Å²) >= 11 is 0. The lowest BCUT2D eigenvalue weighted by atomic mass is 9.88. The lowest BCUT2D eigenvalue weighted by Crippen LogP contribution is -2.15. The highest BCUT2D eigenvalue weighted by Crippen LogP contribution is 2.35. The predicted octanol–water partition coefficient (Wildman–Crippen LogP) is 5.49. The van der Waals surface area contributed by atoms with Crippen molar-refractivity contribution in [3.63, 3.8) is 0 Å². The van der Waals surface area contributed by atoms with Gasteiger partial charge in [-0.25, -0.2) is 0 Å². The molecule has 0 N–H and O–H groups in total. The SMILES string of the molecule is N#Cc1ccc2c(c1)CCCC2Oc1ccc2cnn(-c3nc4ccccc4o3)c2c1. The van der Waals surface area contributed by atoms with Crippen LogP contribution in [-0.2, 0) is 6.42 Å². The molecule has 1 aliphatic carbocycles. The Morgan fingerprint density at radius 2 is 2.03 bits per heavy atom. The van der Waals surface area contributed by atoms with E-state index in [1.807, 2.05) is 60.7 Å². The van der Waals surface area contributed by atoms with E-state index in [0.29, 0.717) is 11.6 Å². The second-order valence-corrected chi connectivity index (χ2v) is 7.77. The van der Waals surface area contributed by atoms with Crippen LogP contribution >= 0.6 is 0 Å². The van der Waals surface area contributed by atoms with E-state index in [-0.39, 0.29) is 6.10 Å². The molecule has 2 aromatic heterocycles. The largest absolute Gasteiger partial charge is 0.486 e. The van der Waals surface area contributed by atoms with Crippen LogP contribution in [0.1, 0.15) is 35.6 Å². The Morgan fingerprint density at radius 3 is 2.94 bits per heavy atom. The maximum atomic E-state index is 9.18. The second kappa shape index (κ2) is 6.99. The van der Waals surface area contributed by atoms with Crippen molar-refractivity contribution >= 4 is 22.0 Å². The smallest absolute Gasteiger partial charge is 0.324 e. The van der Waals surface area contributed by atoms with Crippen molar-refractivity contribution in [1.29, 1.82) is 5.26 Å². The minimum Gasteiger partial charge on any atom is -0.486 e. The van der Waals surface area contributed by atoms with Gasteiger partial charge in [0, 0.05) is 11.5 Å². The number of hydrogen-bond acceptors (Lipinski definition) is 5. The first-order valence-electron chi connectivity index (χ1n) is 10.3. The summed E-state index contributed by atoms with van der Waals surface area (Å²) in [6, 6.07) is 22.2. The van der Waals surface area contributed by atoms with Crippen LogP contribution in [0.3, 0.4) is 0 Å². The van der Waals surface area contributed by atoms with Crippen LogP contribution in [0.4, 0.5) is 0 Å². The third-order valence-electron chi connectivity index (χ3n) is 5.82. The maximum absolute atomic E-state index is 9.18. The zero-order chi connectivity index (χ0) is 20.8. The lowest BCUT2D eigenvalue weighted by molar-refractivity contribution is 0.183. The molecule has 0 radical (unpaired) electrons. The van der Waals surface area contributed by atoms with Crippen LogP contribution in [0.5, 0.6) is 5.75 Å². The summed E-state index contributed by atoms with van der Waals surface area (Å²) in [5, 5.41) is 14.6. The van der Waals surface area contributed by atoms with Gasteiger partial charge in [-0.3, -0.25) is 0 Å². The minimum atomic E-state index is -0.0327. The first-order valence-corrected chi connectivity index (χ1v) is 10.3. The Bertz CT molecular complexity index is 1440. The third-order valence-corrected chi connectivity index (χ3v) is 5.82. The van der Waals surface area contributed by atoms with Gasteiger partial charge in [0.15, 0.2) is 5.58 Å². The Kier molecular flexibility index (Phi) is 4.00. The summed E-state index contributed by atoms with van der Waals surface area (Å²) < 4.78 is 14.0. The third kappa shape index (κ3) is 3.03. The Balaban J connectivity index is 1.36. The summed E-state index contributed by atoms with van der Waals surface area (Å²) in [5.41, 5.74) is 5.46. The van der Waals surface area contributed by atoms with E-state index in [1.165, 1.54) is 5.56 Å². The Hall–Kier alpha value is -4.11. The van der Waals surface area contributed by atoms with Crippen LogP contribution < -0.4 is 4.74 Å². The van der Waals surface area contributed by atoms with E-state index >= 15 is 0 Å². The first kappa shape index (κ1) is 17.7. The van der Waals surface area contributed by atoms with Crippen LogP contribution in [0.25, 0.3) is 28.0 Å². The zero-order valence-electron chi connectivity index (χ0n) is 16.7. The van der Waals surface area contributed by atoms with Gasteiger partial charge >= 0.3 is 6.01 Å². The summed E-state index contributed by atoms with van der Waals surface area (Å²) in [4.78, 5) is 4.56. The number of aromatic nitrogens is 3. The highest BCUT2D eigenvalue weighted by molar-refractivity contribution is 5.82. The zero-order valence-corrected chi connectivity index (χ0v) is 16.7. The number of oxazole rings is 1. The van der Waals surface area contributed by atoms with Crippen molar-refractivity contribution < 1.29 is 9.15 Å². The van der Waals surface area contributed by atoms with E-state index in [9.17, 15) is 5.26 Å². The molecule has 1 atom stereocenters. The molecule has 0 bridgehead atoms. The normalized spacial score (nSPS) is 15.6. The Morgan fingerprint density at radius 1 is 1.10 bits per heavy atom. The minimum absolute atomic E-state index is 0.0327. The second-order valence-electron chi connectivity index (χ2n) is 7.77. The van der Waals surface area contributed by atoms with Gasteiger partial charge < -0.3 is 9.15 Å². The standard InChI is InChI=1S/C25H18N4O2/c26-14-16-8-11-20-17(12-16)4-3-7-23(20)30-19-10-9-18-15-27-29(22(18)13-19)25-28-21-5-1-2-6-24(21)31-25/h1-2,5-6,8-13,15,23H,3-4,7H2. The number of nitriles is 1. The fourth-order valence-corrected chi connectivity index (χ4v) is 4.30. The molecule has 6 rings (SSSR count). The fourth-order valence-electron chi connectivity index (χ4n) is 4.30. The molecule has 6 heteroatoms. The first-order chi connectivity index (χ1) is 15.3. The van der Waals surface area contributed by atoms with Crippen molar-refractivity contribution in [3.8, 4) is 17.8 Å². The summed E-state index contributed by atoms with van der Waals surface area (Å²) in [6.45, 7) is 0. The summed E-state index contributed by atoms with van der Waals surface area (Å²) in [6.07, 6.45) is 4.73. The Labute approximate surface area is 178 Å². The number of fused-ring (bicyclic) bond motifs is 3. The van der Waals surface area contributed by atoms with Crippen molar-refractivity contribution in [1.82, 2.24) is 14.8 Å². The van der Waals surface area contributed by atoms with Gasteiger partial charge in [0.1, 0.15) is 17.4 Å². The molecule has 31 heavy (non-hydrogen) atoms. The molecule has 0 spiro atoms. The molecule has 0 aliphatic heterocycles. The molecule has 0 saturated carbocycles. The van der Waals surface area contributed by atoms with Crippen LogP contribution in [0.2, 0.25) is 0 Å². The molecular formula is C25H18N4O2. The van der Waals surface area contributed by atoms with Crippen LogP contribution in [0.15, 0.2) is 71.3 Å². The number of para-hydroxylation sites is 2. The molecule has 5 aromatic rings. The predicted molar refractivity (Wildman–Crippen MR) is 116 cm³/mol. The topological polar surface area (TPSA) is 76.9 Å². The van der Waals surface area contributed by atoms with Gasteiger partial charge in [-0.1, -0.05) is 18.2 Å². The quantitative estimate of drug-likeness (QED) is 0.396. The number of aryl methyl sites for hydroxylation is 1. The highest BCUT2D eigenvalue weighted by atomic mass is 16.5. The molecule has 0 amide bonds. The number of rotatable bonds is 3. The van der Waals surface area contributed by atoms with Gasteiger partial charge in [-0.15, -0.1) is 0 Å². The molecule has 3 aromatic carbocycles. The van der Waals surface area contributed by atoms with Gasteiger partial charge in [0.25, 0.3) is 0 Å². The maximum Gasteiger partial charge on any atom is 0.324 e. The molecular weight excluding hydrogens is 388 g/mol. The van der Waals surface area contributed by atoms with Crippen molar-refractivity contribution in [2.24, 2.45) is 0 Å². The average molecular weight is 406 g/mol. The number of nitrogens with zero attached hydrogens (tertiary/aromatic N) is 4. The lowest BCUT2D eigenvalue weighted by Gasteiger charge is -2.26. The van der Waals surface area contributed by atoms with Crippen molar-refractivity contribution in [2.45, 2.75) is 25.4 Å². The number of hydrogen-bond donors (Lipinski definition) is 0. The van der Waals surface area contributed by atoms with Gasteiger partial charge in [-0.2, -0.15) is 20.0 Å². The summed E-state index contributed by atoms with van der Waals surface area (Å²) in [5.74, 6) is 0.771. The monoisotopic (exact) mass is 406 g/mol. The van der Waals surface area contributed by atoms with Gasteiger partial charge in [0.05, 0.1) is 23.3 Å². The van der Waals surface area contributed by atoms with E-state index in [1.54, 1.807) is 10.9 Å². The van der Waals surface area contributed by atoms with Gasteiger partial charge in [-0.05, 0) is 66.8 Å². The molecule has 150 valence electrons.